The van der Waals surface area contributed by atoms with Gasteiger partial charge in [0.25, 0.3) is 0 Å². The molecule has 0 amide bonds. The van der Waals surface area contributed by atoms with Gasteiger partial charge in [-0.2, -0.15) is 23.1 Å². The quantitative estimate of drug-likeness (QED) is 0.722. The minimum atomic E-state index is -4.67. The number of thiol groups is 1. The van der Waals surface area contributed by atoms with E-state index in [9.17, 15) is 21.6 Å². The SMILES string of the molecule is Cn1nc(C[SH](=O)=O)c(C(F)(F)F)n1. The van der Waals surface area contributed by atoms with Crippen molar-refractivity contribution in [2.24, 2.45) is 7.05 Å². The number of halogens is 3. The van der Waals surface area contributed by atoms with Crippen LogP contribution in [0.25, 0.3) is 0 Å². The van der Waals surface area contributed by atoms with Crippen LogP contribution in [0.4, 0.5) is 13.2 Å². The number of aromatic nitrogens is 3. The molecule has 0 unspecified atom stereocenters. The highest BCUT2D eigenvalue weighted by Crippen LogP contribution is 2.29. The molecule has 0 aromatic carbocycles. The number of rotatable bonds is 2. The third-order valence-electron chi connectivity index (χ3n) is 1.33. The fourth-order valence-electron chi connectivity index (χ4n) is 0.896. The van der Waals surface area contributed by atoms with Gasteiger partial charge in [-0.3, -0.25) is 0 Å². The third-order valence-corrected chi connectivity index (χ3v) is 1.89. The normalized spacial score (nSPS) is 12.4. The van der Waals surface area contributed by atoms with E-state index in [0.29, 0.717) is 4.80 Å². The first-order valence-corrected chi connectivity index (χ1v) is 4.76. The van der Waals surface area contributed by atoms with Crippen molar-refractivity contribution in [3.05, 3.63) is 11.4 Å². The van der Waals surface area contributed by atoms with Crippen LogP contribution in [0.3, 0.4) is 0 Å². The zero-order valence-electron chi connectivity index (χ0n) is 6.95. The van der Waals surface area contributed by atoms with Gasteiger partial charge in [0, 0.05) is 7.05 Å². The van der Waals surface area contributed by atoms with Crippen molar-refractivity contribution in [2.45, 2.75) is 11.9 Å². The molecule has 0 N–H and O–H groups in total. The fraction of sp³-hybridized carbons (Fsp3) is 0.600. The first-order chi connectivity index (χ1) is 6.30. The number of nitrogens with zero attached hydrogens (tertiary/aromatic N) is 3. The second-order valence-corrected chi connectivity index (χ2v) is 3.46. The summed E-state index contributed by atoms with van der Waals surface area (Å²) in [6, 6.07) is 0. The van der Waals surface area contributed by atoms with E-state index in [1.807, 2.05) is 0 Å². The molecule has 1 heterocycles. The average molecular weight is 229 g/mol. The Morgan fingerprint density at radius 2 is 1.93 bits per heavy atom. The van der Waals surface area contributed by atoms with Crippen LogP contribution in [-0.2, 0) is 29.7 Å². The van der Waals surface area contributed by atoms with E-state index < -0.39 is 34.0 Å². The van der Waals surface area contributed by atoms with Gasteiger partial charge in [0.2, 0.25) is 0 Å². The van der Waals surface area contributed by atoms with E-state index in [2.05, 4.69) is 10.2 Å². The monoisotopic (exact) mass is 229 g/mol. The number of hydrogen-bond acceptors (Lipinski definition) is 4. The van der Waals surface area contributed by atoms with E-state index in [-0.39, 0.29) is 0 Å². The van der Waals surface area contributed by atoms with Crippen LogP contribution in [0.1, 0.15) is 11.4 Å². The first kappa shape index (κ1) is 11.0. The molecule has 1 aromatic heterocycles. The Kier molecular flexibility index (Phi) is 2.79. The zero-order valence-corrected chi connectivity index (χ0v) is 7.84. The summed E-state index contributed by atoms with van der Waals surface area (Å²) in [6.07, 6.45) is -4.67. The molecule has 0 saturated heterocycles. The van der Waals surface area contributed by atoms with Crippen LogP contribution in [0, 0.1) is 0 Å². The molecule has 0 aliphatic carbocycles. The molecule has 0 fully saturated rings. The minimum absolute atomic E-state index is 0.573. The van der Waals surface area contributed by atoms with Crippen molar-refractivity contribution in [1.29, 1.82) is 0 Å². The van der Waals surface area contributed by atoms with E-state index in [1.165, 1.54) is 7.05 Å². The van der Waals surface area contributed by atoms with Crippen molar-refractivity contribution >= 4 is 10.7 Å². The van der Waals surface area contributed by atoms with E-state index in [4.69, 9.17) is 0 Å². The van der Waals surface area contributed by atoms with Crippen molar-refractivity contribution in [2.75, 3.05) is 0 Å². The summed E-state index contributed by atoms with van der Waals surface area (Å²) in [4.78, 5) is 0.691. The smallest absolute Gasteiger partial charge is 0.231 e. The minimum Gasteiger partial charge on any atom is -0.231 e. The maximum atomic E-state index is 12.2. The van der Waals surface area contributed by atoms with E-state index in [1.54, 1.807) is 0 Å². The number of alkyl halides is 3. The van der Waals surface area contributed by atoms with Crippen LogP contribution in [0.15, 0.2) is 0 Å². The lowest BCUT2D eigenvalue weighted by Gasteiger charge is -2.01. The van der Waals surface area contributed by atoms with Gasteiger partial charge >= 0.3 is 6.18 Å². The molecule has 0 spiro atoms. The molecule has 0 bridgehead atoms. The Bertz CT molecular complexity index is 401. The van der Waals surface area contributed by atoms with Gasteiger partial charge in [-0.05, 0) is 0 Å². The molecule has 1 aromatic rings. The molecule has 80 valence electrons. The Balaban J connectivity index is 3.15. The van der Waals surface area contributed by atoms with Crippen LogP contribution >= 0.6 is 0 Å². The maximum absolute atomic E-state index is 12.2. The second-order valence-electron chi connectivity index (χ2n) is 2.47. The predicted octanol–water partition coefficient (Wildman–Crippen LogP) is -0.0547. The fourth-order valence-corrected chi connectivity index (χ4v) is 1.35. The van der Waals surface area contributed by atoms with Gasteiger partial charge < -0.3 is 0 Å². The third kappa shape index (κ3) is 2.44. The Morgan fingerprint density at radius 1 is 1.36 bits per heavy atom. The van der Waals surface area contributed by atoms with Crippen molar-refractivity contribution < 1.29 is 21.6 Å². The van der Waals surface area contributed by atoms with Crippen molar-refractivity contribution in [3.63, 3.8) is 0 Å². The lowest BCUT2D eigenvalue weighted by Crippen LogP contribution is -2.09. The second kappa shape index (κ2) is 3.56. The summed E-state index contributed by atoms with van der Waals surface area (Å²) >= 11 is 0. The van der Waals surface area contributed by atoms with Crippen LogP contribution < -0.4 is 0 Å². The highest BCUT2D eigenvalue weighted by Gasteiger charge is 2.38. The van der Waals surface area contributed by atoms with Gasteiger partial charge in [-0.15, -0.1) is 5.10 Å². The molecule has 0 radical (unpaired) electrons. The Labute approximate surface area is 78.5 Å². The number of aryl methyl sites for hydroxylation is 1. The molecule has 5 nitrogen and oxygen atoms in total. The topological polar surface area (TPSA) is 64.8 Å². The molecule has 0 aliphatic rings. The van der Waals surface area contributed by atoms with Gasteiger partial charge in [0.1, 0.15) is 16.4 Å². The average Bonchev–Trinajstić information content (AvgIpc) is 2.28. The summed E-state index contributed by atoms with van der Waals surface area (Å²) in [5.74, 6) is -0.752. The zero-order chi connectivity index (χ0) is 10.9. The molecule has 14 heavy (non-hydrogen) atoms. The molecular formula is C5H6F3N3O2S. The van der Waals surface area contributed by atoms with Gasteiger partial charge in [0.05, 0.1) is 5.75 Å². The molecule has 1 rings (SSSR count). The van der Waals surface area contributed by atoms with E-state index in [0.717, 1.165) is 0 Å². The van der Waals surface area contributed by atoms with Gasteiger partial charge in [-0.25, -0.2) is 8.42 Å². The lowest BCUT2D eigenvalue weighted by molar-refractivity contribution is -0.141. The van der Waals surface area contributed by atoms with Crippen LogP contribution in [0.5, 0.6) is 0 Å². The summed E-state index contributed by atoms with van der Waals surface area (Å²) < 4.78 is 57.1. The molecule has 0 saturated carbocycles. The van der Waals surface area contributed by atoms with Crippen molar-refractivity contribution in [3.8, 4) is 0 Å². The number of hydrogen-bond donors (Lipinski definition) is 1. The summed E-state index contributed by atoms with van der Waals surface area (Å²) in [5, 5.41) is 6.37. The van der Waals surface area contributed by atoms with E-state index >= 15 is 0 Å². The van der Waals surface area contributed by atoms with Crippen LogP contribution in [0.2, 0.25) is 0 Å². The van der Waals surface area contributed by atoms with Gasteiger partial charge in [-0.1, -0.05) is 0 Å². The molecule has 0 atom stereocenters. The highest BCUT2D eigenvalue weighted by molar-refractivity contribution is 7.71. The highest BCUT2D eigenvalue weighted by atomic mass is 32.2. The largest absolute Gasteiger partial charge is 0.437 e. The summed E-state index contributed by atoms with van der Waals surface area (Å²) in [6.45, 7) is 0. The van der Waals surface area contributed by atoms with Gasteiger partial charge in [0.15, 0.2) is 5.69 Å². The predicted molar refractivity (Wildman–Crippen MR) is 40.0 cm³/mol. The Hall–Kier alpha value is -1.12. The molecular weight excluding hydrogens is 223 g/mol. The summed E-state index contributed by atoms with van der Waals surface area (Å²) in [5.41, 5.74) is -1.82. The lowest BCUT2D eigenvalue weighted by atomic mass is 10.3. The first-order valence-electron chi connectivity index (χ1n) is 3.40. The van der Waals surface area contributed by atoms with Crippen molar-refractivity contribution in [1.82, 2.24) is 15.0 Å². The molecule has 9 heteroatoms. The molecule has 0 aliphatic heterocycles. The van der Waals surface area contributed by atoms with Crippen LogP contribution in [-0.4, -0.2) is 23.4 Å². The summed E-state index contributed by atoms with van der Waals surface area (Å²) in [7, 11) is -1.75. The standard InChI is InChI=1S/C5H6F3N3O2S/c1-11-9-3(2-14(12)13)4(10-11)5(6,7)8/h14H,2H2,1H3. The maximum Gasteiger partial charge on any atom is 0.437 e. The Morgan fingerprint density at radius 3 is 2.36 bits per heavy atom.